The van der Waals surface area contributed by atoms with Crippen LogP contribution in [0.4, 0.5) is 0 Å². The van der Waals surface area contributed by atoms with E-state index in [1.165, 1.54) is 38.5 Å². The number of unbranched alkanes of at least 4 members (excludes halogenated alkanes) is 2. The molecule has 1 saturated heterocycles. The summed E-state index contributed by atoms with van der Waals surface area (Å²) in [7, 11) is -1.65. The fourth-order valence-corrected chi connectivity index (χ4v) is 22.5. The second-order valence-corrected chi connectivity index (χ2v) is 19.8. The van der Waals surface area contributed by atoms with Gasteiger partial charge in [0.15, 0.2) is 0 Å². The third kappa shape index (κ3) is 3.73. The van der Waals surface area contributed by atoms with Crippen molar-refractivity contribution < 1.29 is 48.0 Å². The zero-order valence-corrected chi connectivity index (χ0v) is 24.7. The summed E-state index contributed by atoms with van der Waals surface area (Å²) < 4.78 is 1.26. The van der Waals surface area contributed by atoms with Gasteiger partial charge in [-0.2, -0.15) is 0 Å². The Bertz CT molecular complexity index is 1050. The maximum atomic E-state index is 2.86. The van der Waals surface area contributed by atoms with Crippen molar-refractivity contribution >= 4 is 19.2 Å². The standard InChI is InChI=1S/C28H34Si.2ClH.Zr/c1-5-7-13-21-19-28(26-18-12-11-17-23(21)26)29(3,4)27-20-22-14-9-10-16-24(22)25(27)15-8-6-2;;;/h9-12,14,16-20H,5-8,13,15H2,1-4H3;2*1H;/q;;;+2/p-2. The van der Waals surface area contributed by atoms with E-state index < -0.39 is 31.3 Å². The molecule has 0 saturated carbocycles. The first-order valence-corrected chi connectivity index (χ1v) is 17.6. The Hall–Kier alpha value is -0.400. The van der Waals surface area contributed by atoms with Crippen molar-refractivity contribution in [3.8, 4) is 0 Å². The van der Waals surface area contributed by atoms with Gasteiger partial charge in [-0.05, 0) is 0 Å². The molecule has 1 spiro atoms. The van der Waals surface area contributed by atoms with Gasteiger partial charge in [0.1, 0.15) is 0 Å². The fraction of sp³-hybridized carbons (Fsp3) is 0.429. The molecule has 5 rings (SSSR count). The van der Waals surface area contributed by atoms with Gasteiger partial charge in [-0.25, -0.2) is 0 Å². The largest absolute Gasteiger partial charge is 1.00 e. The fourth-order valence-electron chi connectivity index (χ4n) is 6.36. The van der Waals surface area contributed by atoms with E-state index in [4.69, 9.17) is 0 Å². The van der Waals surface area contributed by atoms with Gasteiger partial charge < -0.3 is 24.8 Å². The van der Waals surface area contributed by atoms with Crippen molar-refractivity contribution in [2.24, 2.45) is 0 Å². The summed E-state index contributed by atoms with van der Waals surface area (Å²) in [6.45, 7) is 10.1. The van der Waals surface area contributed by atoms with Gasteiger partial charge >= 0.3 is 196 Å². The molecule has 0 N–H and O–H groups in total. The molecule has 0 bridgehead atoms. The van der Waals surface area contributed by atoms with Gasteiger partial charge in [0.25, 0.3) is 0 Å². The maximum Gasteiger partial charge on any atom is -1.00 e. The van der Waals surface area contributed by atoms with Gasteiger partial charge in [-0.1, -0.05) is 0 Å². The van der Waals surface area contributed by atoms with E-state index in [1.54, 1.807) is 33.4 Å². The molecule has 1 heterocycles. The van der Waals surface area contributed by atoms with E-state index >= 15 is 0 Å². The first-order chi connectivity index (χ1) is 14.5. The van der Waals surface area contributed by atoms with Crippen molar-refractivity contribution in [3.05, 3.63) is 82.1 Å². The van der Waals surface area contributed by atoms with Crippen LogP contribution in [0.25, 0.3) is 11.1 Å². The zero-order chi connectivity index (χ0) is 20.9. The van der Waals surface area contributed by atoms with Crippen LogP contribution >= 0.6 is 0 Å². The average Bonchev–Trinajstić information content (AvgIpc) is 3.33. The molecule has 2 aromatic carbocycles. The van der Waals surface area contributed by atoms with E-state index in [2.05, 4.69) is 81.5 Å². The SMILES string of the molecule is CCCCC1=C[C]2([Zr+2][CH]3C(=C(CCCC)c4ccccc43)[Si]2(C)C)c2ccccc21.[Cl-].[Cl-]. The van der Waals surface area contributed by atoms with Crippen LogP contribution in [0.2, 0.25) is 13.1 Å². The molecule has 4 heteroatoms. The summed E-state index contributed by atoms with van der Waals surface area (Å²) in [6, 6.07) is 19.0. The van der Waals surface area contributed by atoms with Gasteiger partial charge in [-0.15, -0.1) is 0 Å². The smallest absolute Gasteiger partial charge is 1.00 e. The summed E-state index contributed by atoms with van der Waals surface area (Å²) in [4.78, 5) is 0. The van der Waals surface area contributed by atoms with Crippen molar-refractivity contribution in [2.75, 3.05) is 0 Å². The minimum Gasteiger partial charge on any atom is -1.00 e. The van der Waals surface area contributed by atoms with Crippen LogP contribution < -0.4 is 24.8 Å². The Morgan fingerprint density at radius 1 is 0.844 bits per heavy atom. The predicted octanol–water partition coefficient (Wildman–Crippen LogP) is 2.06. The molecule has 0 radical (unpaired) electrons. The van der Waals surface area contributed by atoms with E-state index in [0.29, 0.717) is 2.75 Å². The summed E-state index contributed by atoms with van der Waals surface area (Å²) in [5.41, 5.74) is 10.1. The molecule has 2 aliphatic carbocycles. The molecule has 1 aliphatic heterocycles. The van der Waals surface area contributed by atoms with Crippen molar-refractivity contribution in [1.29, 1.82) is 0 Å². The molecule has 2 aromatic rings. The first kappa shape index (κ1) is 26.2. The molecule has 0 aromatic heterocycles. The zero-order valence-electron chi connectivity index (χ0n) is 19.8. The summed E-state index contributed by atoms with van der Waals surface area (Å²) in [5, 5.41) is 1.96. The quantitative estimate of drug-likeness (QED) is 0.475. The number of allylic oxidation sites excluding steroid dienone is 4. The summed E-state index contributed by atoms with van der Waals surface area (Å²) in [5.74, 6) is 0. The minimum atomic E-state index is -1.65. The number of benzene rings is 2. The van der Waals surface area contributed by atoms with E-state index in [9.17, 15) is 0 Å². The van der Waals surface area contributed by atoms with Crippen LogP contribution in [-0.2, 0) is 26.0 Å². The molecule has 0 amide bonds. The Labute approximate surface area is 219 Å². The van der Waals surface area contributed by atoms with Crippen LogP contribution in [-0.4, -0.2) is 8.07 Å². The van der Waals surface area contributed by atoms with Gasteiger partial charge in [0, 0.05) is 0 Å². The summed E-state index contributed by atoms with van der Waals surface area (Å²) >= 11 is -0.733. The van der Waals surface area contributed by atoms with Crippen LogP contribution in [0.3, 0.4) is 0 Å². The second-order valence-electron chi connectivity index (χ2n) is 9.91. The molecule has 32 heavy (non-hydrogen) atoms. The van der Waals surface area contributed by atoms with E-state index in [1.807, 2.05) is 5.20 Å². The van der Waals surface area contributed by atoms with Crippen LogP contribution in [0.1, 0.15) is 78.3 Å². The molecular formula is C28H34Cl2SiZr. The number of hydrogen-bond donors (Lipinski definition) is 0. The van der Waals surface area contributed by atoms with Crippen molar-refractivity contribution in [1.82, 2.24) is 0 Å². The Morgan fingerprint density at radius 3 is 2.19 bits per heavy atom. The predicted molar refractivity (Wildman–Crippen MR) is 129 cm³/mol. The van der Waals surface area contributed by atoms with Gasteiger partial charge in [0.2, 0.25) is 0 Å². The molecule has 168 valence electrons. The molecule has 0 nitrogen and oxygen atoms in total. The van der Waals surface area contributed by atoms with Crippen LogP contribution in [0, 0.1) is 0 Å². The Morgan fingerprint density at radius 2 is 1.47 bits per heavy atom. The summed E-state index contributed by atoms with van der Waals surface area (Å²) in [6.07, 6.45) is 10.6. The molecular weight excluding hydrogens is 527 g/mol. The van der Waals surface area contributed by atoms with Crippen LogP contribution in [0.5, 0.6) is 0 Å². The third-order valence-corrected chi connectivity index (χ3v) is 22.7. The Balaban J connectivity index is 0.00000144. The number of hydrogen-bond acceptors (Lipinski definition) is 0. The normalized spacial score (nSPS) is 23.4. The monoisotopic (exact) mass is 558 g/mol. The molecule has 1 fully saturated rings. The number of rotatable bonds is 6. The minimum absolute atomic E-state index is 0. The van der Waals surface area contributed by atoms with E-state index in [-0.39, 0.29) is 24.8 Å². The first-order valence-electron chi connectivity index (χ1n) is 12.0. The number of halogens is 2. The topological polar surface area (TPSA) is 0 Å². The maximum absolute atomic E-state index is 2.86. The number of fused-ring (bicyclic) bond motifs is 5. The third-order valence-electron chi connectivity index (χ3n) is 7.91. The van der Waals surface area contributed by atoms with Crippen molar-refractivity contribution in [3.63, 3.8) is 0 Å². The molecule has 2 unspecified atom stereocenters. The van der Waals surface area contributed by atoms with Gasteiger partial charge in [-0.3, -0.25) is 0 Å². The molecule has 3 aliphatic rings. The van der Waals surface area contributed by atoms with E-state index in [0.717, 1.165) is 3.63 Å². The van der Waals surface area contributed by atoms with Gasteiger partial charge in [0.05, 0.1) is 0 Å². The van der Waals surface area contributed by atoms with Crippen LogP contribution in [0.15, 0.2) is 59.8 Å². The van der Waals surface area contributed by atoms with Crippen molar-refractivity contribution in [2.45, 2.75) is 71.8 Å². The second kappa shape index (κ2) is 10.1. The molecule has 2 atom stereocenters. The Kier molecular flexibility index (Phi) is 8.25. The average molecular weight is 561 g/mol.